The minimum Gasteiger partial charge on any atom is -0.352 e. The summed E-state index contributed by atoms with van der Waals surface area (Å²) in [7, 11) is 0. The van der Waals surface area contributed by atoms with E-state index in [2.05, 4.69) is 10.6 Å². The maximum Gasteiger partial charge on any atom is 0.243 e. The van der Waals surface area contributed by atoms with Crippen molar-refractivity contribution in [2.75, 3.05) is 0 Å². The largest absolute Gasteiger partial charge is 0.352 e. The molecule has 0 unspecified atom stereocenters. The molecule has 0 saturated heterocycles. The molecule has 1 fully saturated rings. The number of hydrogen-bond acceptors (Lipinski definition) is 2. The molecule has 1 aliphatic carbocycles. The second-order valence-electron chi connectivity index (χ2n) is 4.21. The number of carbonyl (C=O) groups is 2. The Morgan fingerprint density at radius 1 is 1.29 bits per heavy atom. The summed E-state index contributed by atoms with van der Waals surface area (Å²) in [5.74, 6) is -0.0926. The highest BCUT2D eigenvalue weighted by Gasteiger charge is 2.29. The van der Waals surface area contributed by atoms with Crippen molar-refractivity contribution >= 4 is 11.8 Å². The highest BCUT2D eigenvalue weighted by Crippen LogP contribution is 2.19. The summed E-state index contributed by atoms with van der Waals surface area (Å²) >= 11 is 0. The monoisotopic (exact) mass is 198 g/mol. The van der Waals surface area contributed by atoms with Gasteiger partial charge in [0.1, 0.15) is 6.04 Å². The molecular formula is C10H18N2O2. The van der Waals surface area contributed by atoms with Crippen LogP contribution in [0.4, 0.5) is 0 Å². The van der Waals surface area contributed by atoms with Crippen molar-refractivity contribution in [3.63, 3.8) is 0 Å². The Kier molecular flexibility index (Phi) is 3.49. The lowest BCUT2D eigenvalue weighted by atomic mass is 10.0. The average Bonchev–Trinajstić information content (AvgIpc) is 2.82. The minimum atomic E-state index is -0.395. The van der Waals surface area contributed by atoms with Crippen LogP contribution in [0.2, 0.25) is 0 Å². The lowest BCUT2D eigenvalue weighted by Crippen LogP contribution is -2.49. The Morgan fingerprint density at radius 2 is 1.86 bits per heavy atom. The first-order chi connectivity index (χ1) is 6.50. The van der Waals surface area contributed by atoms with E-state index in [0.29, 0.717) is 6.04 Å². The van der Waals surface area contributed by atoms with Crippen molar-refractivity contribution in [1.82, 2.24) is 10.6 Å². The maximum atomic E-state index is 11.6. The molecule has 1 aliphatic rings. The van der Waals surface area contributed by atoms with Crippen LogP contribution in [0.5, 0.6) is 0 Å². The van der Waals surface area contributed by atoms with Crippen molar-refractivity contribution in [3.8, 4) is 0 Å². The molecule has 1 saturated carbocycles. The number of amides is 2. The van der Waals surface area contributed by atoms with E-state index in [9.17, 15) is 9.59 Å². The van der Waals surface area contributed by atoms with Crippen molar-refractivity contribution in [3.05, 3.63) is 0 Å². The molecule has 4 nitrogen and oxygen atoms in total. The standard InChI is InChI=1S/C10H18N2O2/c1-6(2)9(11-7(3)13)10(14)12-8-4-5-8/h6,8-9H,4-5H2,1-3H3,(H,11,13)(H,12,14)/t9-/m0/s1. The van der Waals surface area contributed by atoms with Crippen LogP contribution in [0, 0.1) is 5.92 Å². The quantitative estimate of drug-likeness (QED) is 0.688. The molecule has 0 aromatic carbocycles. The summed E-state index contributed by atoms with van der Waals surface area (Å²) in [5, 5.41) is 5.55. The molecule has 1 rings (SSSR count). The zero-order valence-corrected chi connectivity index (χ0v) is 8.96. The van der Waals surface area contributed by atoms with Gasteiger partial charge in [-0.2, -0.15) is 0 Å². The van der Waals surface area contributed by atoms with Gasteiger partial charge in [0.15, 0.2) is 0 Å². The van der Waals surface area contributed by atoms with E-state index in [4.69, 9.17) is 0 Å². The summed E-state index contributed by atoms with van der Waals surface area (Å²) in [6.45, 7) is 5.28. The Morgan fingerprint density at radius 3 is 2.21 bits per heavy atom. The van der Waals surface area contributed by atoms with Gasteiger partial charge in [0.25, 0.3) is 0 Å². The van der Waals surface area contributed by atoms with Gasteiger partial charge in [-0.25, -0.2) is 0 Å². The van der Waals surface area contributed by atoms with Gasteiger partial charge in [-0.15, -0.1) is 0 Å². The van der Waals surface area contributed by atoms with Crippen LogP contribution in [0.1, 0.15) is 33.6 Å². The van der Waals surface area contributed by atoms with Gasteiger partial charge in [-0.05, 0) is 18.8 Å². The first-order valence-corrected chi connectivity index (χ1v) is 5.08. The fourth-order valence-electron chi connectivity index (χ4n) is 1.27. The van der Waals surface area contributed by atoms with Gasteiger partial charge in [0, 0.05) is 13.0 Å². The molecule has 1 atom stereocenters. The third-order valence-corrected chi connectivity index (χ3v) is 2.23. The zero-order chi connectivity index (χ0) is 10.7. The zero-order valence-electron chi connectivity index (χ0n) is 8.96. The fourth-order valence-corrected chi connectivity index (χ4v) is 1.27. The Balaban J connectivity index is 2.46. The Hall–Kier alpha value is -1.06. The van der Waals surface area contributed by atoms with E-state index in [1.54, 1.807) is 0 Å². The third-order valence-electron chi connectivity index (χ3n) is 2.23. The average molecular weight is 198 g/mol. The first kappa shape index (κ1) is 11.0. The predicted octanol–water partition coefficient (Wildman–Crippen LogP) is 0.426. The number of nitrogens with one attached hydrogen (secondary N) is 2. The second kappa shape index (κ2) is 4.44. The van der Waals surface area contributed by atoms with Gasteiger partial charge in [0.2, 0.25) is 11.8 Å². The van der Waals surface area contributed by atoms with Gasteiger partial charge in [-0.1, -0.05) is 13.8 Å². The topological polar surface area (TPSA) is 58.2 Å². The summed E-state index contributed by atoms with van der Waals surface area (Å²) in [6.07, 6.45) is 2.13. The van der Waals surface area contributed by atoms with Gasteiger partial charge in [0.05, 0.1) is 0 Å². The summed E-state index contributed by atoms with van der Waals surface area (Å²) < 4.78 is 0. The smallest absolute Gasteiger partial charge is 0.243 e. The molecule has 4 heteroatoms. The lowest BCUT2D eigenvalue weighted by Gasteiger charge is -2.20. The van der Waals surface area contributed by atoms with Crippen molar-refractivity contribution < 1.29 is 9.59 Å². The normalized spacial score (nSPS) is 17.7. The molecule has 2 amide bonds. The van der Waals surface area contributed by atoms with Gasteiger partial charge in [-0.3, -0.25) is 9.59 Å². The summed E-state index contributed by atoms with van der Waals surface area (Å²) in [4.78, 5) is 22.5. The molecule has 0 spiro atoms. The van der Waals surface area contributed by atoms with E-state index < -0.39 is 6.04 Å². The van der Waals surface area contributed by atoms with Crippen LogP contribution in [0.15, 0.2) is 0 Å². The molecule has 2 N–H and O–H groups in total. The van der Waals surface area contributed by atoms with Crippen molar-refractivity contribution in [1.29, 1.82) is 0 Å². The van der Waals surface area contributed by atoms with E-state index in [-0.39, 0.29) is 17.7 Å². The van der Waals surface area contributed by atoms with E-state index in [0.717, 1.165) is 12.8 Å². The maximum absolute atomic E-state index is 11.6. The predicted molar refractivity (Wildman–Crippen MR) is 53.6 cm³/mol. The van der Waals surface area contributed by atoms with Crippen LogP contribution < -0.4 is 10.6 Å². The molecule has 14 heavy (non-hydrogen) atoms. The van der Waals surface area contributed by atoms with Crippen LogP contribution in [-0.4, -0.2) is 23.9 Å². The van der Waals surface area contributed by atoms with Crippen molar-refractivity contribution in [2.24, 2.45) is 5.92 Å². The highest BCUT2D eigenvalue weighted by molar-refractivity contribution is 5.87. The molecule has 80 valence electrons. The molecule has 0 aliphatic heterocycles. The molecule has 0 heterocycles. The van der Waals surface area contributed by atoms with Crippen LogP contribution in [0.25, 0.3) is 0 Å². The molecule has 0 radical (unpaired) electrons. The van der Waals surface area contributed by atoms with E-state index >= 15 is 0 Å². The third kappa shape index (κ3) is 3.36. The SMILES string of the molecule is CC(=O)N[C@H](C(=O)NC1CC1)C(C)C. The van der Waals surface area contributed by atoms with Crippen LogP contribution in [0.3, 0.4) is 0 Å². The minimum absolute atomic E-state index is 0.0577. The number of rotatable bonds is 4. The highest BCUT2D eigenvalue weighted by atomic mass is 16.2. The fraction of sp³-hybridized carbons (Fsp3) is 0.800. The lowest BCUT2D eigenvalue weighted by molar-refractivity contribution is -0.129. The van der Waals surface area contributed by atoms with E-state index in [1.165, 1.54) is 6.92 Å². The van der Waals surface area contributed by atoms with Gasteiger partial charge < -0.3 is 10.6 Å². The van der Waals surface area contributed by atoms with Crippen LogP contribution >= 0.6 is 0 Å². The Labute approximate surface area is 84.4 Å². The Bertz CT molecular complexity index is 234. The van der Waals surface area contributed by atoms with Crippen LogP contribution in [-0.2, 0) is 9.59 Å². The molecule has 0 aromatic heterocycles. The van der Waals surface area contributed by atoms with Gasteiger partial charge >= 0.3 is 0 Å². The summed E-state index contributed by atoms with van der Waals surface area (Å²) in [5.41, 5.74) is 0. The van der Waals surface area contributed by atoms with Crippen molar-refractivity contribution in [2.45, 2.75) is 45.7 Å². The molecular weight excluding hydrogens is 180 g/mol. The molecule has 0 aromatic rings. The van der Waals surface area contributed by atoms with E-state index in [1.807, 2.05) is 13.8 Å². The molecule has 0 bridgehead atoms. The number of carbonyl (C=O) groups excluding carboxylic acids is 2. The number of hydrogen-bond donors (Lipinski definition) is 2. The summed E-state index contributed by atoms with van der Waals surface area (Å²) in [6, 6.07) is -0.0504. The first-order valence-electron chi connectivity index (χ1n) is 5.08. The second-order valence-corrected chi connectivity index (χ2v) is 4.21.